The number of hydrogen-bond donors (Lipinski definition) is 0. The molecule has 8 nitrogen and oxygen atoms in total. The third-order valence-corrected chi connectivity index (χ3v) is 4.75. The summed E-state index contributed by atoms with van der Waals surface area (Å²) in [6, 6.07) is 17.6. The fraction of sp³-hybridized carbons (Fsp3) is 0. The number of non-ortho nitro benzene ring substituents is 1. The Balaban J connectivity index is 1.49. The number of benzene rings is 3. The van der Waals surface area contributed by atoms with Crippen molar-refractivity contribution in [1.29, 1.82) is 0 Å². The Morgan fingerprint density at radius 3 is 2.34 bits per heavy atom. The molecule has 0 spiro atoms. The van der Waals surface area contributed by atoms with Gasteiger partial charge in [-0.1, -0.05) is 12.1 Å². The van der Waals surface area contributed by atoms with Crippen LogP contribution in [0.5, 0.6) is 0 Å². The number of carbonyl (C=O) groups excluding carboxylic acids is 2. The van der Waals surface area contributed by atoms with Crippen molar-refractivity contribution in [3.05, 3.63) is 88.0 Å². The van der Waals surface area contributed by atoms with E-state index >= 15 is 0 Å². The van der Waals surface area contributed by atoms with Crippen molar-refractivity contribution in [1.82, 2.24) is 4.98 Å². The summed E-state index contributed by atoms with van der Waals surface area (Å²) >= 11 is 0. The van der Waals surface area contributed by atoms with Gasteiger partial charge >= 0.3 is 0 Å². The Labute approximate surface area is 163 Å². The largest absolute Gasteiger partial charge is 0.436 e. The Morgan fingerprint density at radius 1 is 0.897 bits per heavy atom. The molecule has 0 aliphatic carbocycles. The minimum Gasteiger partial charge on any atom is -0.436 e. The van der Waals surface area contributed by atoms with E-state index in [1.807, 2.05) is 24.3 Å². The second-order valence-corrected chi connectivity index (χ2v) is 6.47. The van der Waals surface area contributed by atoms with Gasteiger partial charge in [0.1, 0.15) is 5.52 Å². The third kappa shape index (κ3) is 2.58. The molecule has 1 aliphatic heterocycles. The number of rotatable bonds is 3. The van der Waals surface area contributed by atoms with Crippen molar-refractivity contribution in [3.8, 4) is 11.5 Å². The first-order chi connectivity index (χ1) is 14.0. The van der Waals surface area contributed by atoms with Crippen molar-refractivity contribution in [2.45, 2.75) is 0 Å². The average Bonchev–Trinajstić information content (AvgIpc) is 3.27. The van der Waals surface area contributed by atoms with Gasteiger partial charge in [0.15, 0.2) is 5.58 Å². The summed E-state index contributed by atoms with van der Waals surface area (Å²) in [6.45, 7) is 0. The molecule has 1 aliphatic rings. The van der Waals surface area contributed by atoms with Gasteiger partial charge < -0.3 is 4.42 Å². The normalized spacial score (nSPS) is 13.2. The van der Waals surface area contributed by atoms with Gasteiger partial charge in [-0.05, 0) is 42.5 Å². The first-order valence-electron chi connectivity index (χ1n) is 8.66. The summed E-state index contributed by atoms with van der Waals surface area (Å²) in [5.41, 5.74) is 2.37. The van der Waals surface area contributed by atoms with Gasteiger partial charge in [-0.25, -0.2) is 9.88 Å². The van der Waals surface area contributed by atoms with Crippen LogP contribution in [0.2, 0.25) is 0 Å². The monoisotopic (exact) mass is 385 g/mol. The first kappa shape index (κ1) is 16.8. The number of nitro benzene ring substituents is 1. The van der Waals surface area contributed by atoms with Crippen LogP contribution in [0.1, 0.15) is 20.7 Å². The van der Waals surface area contributed by atoms with Crippen molar-refractivity contribution in [2.24, 2.45) is 0 Å². The number of nitrogens with zero attached hydrogens (tertiary/aromatic N) is 3. The standard InChI is InChI=1S/C21H11N3O5/c25-20-15-10-9-14(24(27)28)11-16(15)21(26)23(20)13-7-5-12(6-8-13)19-22-17-3-1-2-4-18(17)29-19/h1-11H. The zero-order chi connectivity index (χ0) is 20.1. The first-order valence-corrected chi connectivity index (χ1v) is 8.66. The molecule has 0 atom stereocenters. The highest BCUT2D eigenvalue weighted by Crippen LogP contribution is 2.32. The summed E-state index contributed by atoms with van der Waals surface area (Å²) in [5.74, 6) is -0.687. The van der Waals surface area contributed by atoms with Crippen molar-refractivity contribution in [3.63, 3.8) is 0 Å². The van der Waals surface area contributed by atoms with Gasteiger partial charge in [-0.3, -0.25) is 19.7 Å². The molecule has 5 rings (SSSR count). The number of fused-ring (bicyclic) bond motifs is 2. The number of para-hydroxylation sites is 2. The maximum Gasteiger partial charge on any atom is 0.270 e. The highest BCUT2D eigenvalue weighted by atomic mass is 16.6. The SMILES string of the molecule is O=C1c2ccc([N+](=O)[O-])cc2C(=O)N1c1ccc(-c2nc3ccccc3o2)cc1. The number of anilines is 1. The fourth-order valence-corrected chi connectivity index (χ4v) is 3.33. The van der Waals surface area contributed by atoms with E-state index in [0.717, 1.165) is 16.5 Å². The number of hydrogen-bond acceptors (Lipinski definition) is 6. The molecule has 140 valence electrons. The van der Waals surface area contributed by atoms with Crippen molar-refractivity contribution >= 4 is 34.3 Å². The summed E-state index contributed by atoms with van der Waals surface area (Å²) in [5, 5.41) is 11.0. The van der Waals surface area contributed by atoms with Crippen LogP contribution in [0.25, 0.3) is 22.6 Å². The smallest absolute Gasteiger partial charge is 0.270 e. The maximum absolute atomic E-state index is 12.7. The summed E-state index contributed by atoms with van der Waals surface area (Å²) in [7, 11) is 0. The van der Waals surface area contributed by atoms with E-state index in [-0.39, 0.29) is 16.8 Å². The zero-order valence-electron chi connectivity index (χ0n) is 14.7. The van der Waals surface area contributed by atoms with E-state index in [0.29, 0.717) is 22.7 Å². The molecule has 0 saturated heterocycles. The molecule has 0 N–H and O–H groups in total. The van der Waals surface area contributed by atoms with Crippen LogP contribution in [-0.4, -0.2) is 21.7 Å². The average molecular weight is 385 g/mol. The number of imide groups is 1. The molecule has 0 radical (unpaired) electrons. The minimum absolute atomic E-state index is 0.0206. The molecule has 0 unspecified atom stereocenters. The van der Waals surface area contributed by atoms with E-state index in [1.165, 1.54) is 12.1 Å². The number of carbonyl (C=O) groups is 2. The number of amides is 2. The number of aromatic nitrogens is 1. The lowest BCUT2D eigenvalue weighted by Crippen LogP contribution is -2.29. The van der Waals surface area contributed by atoms with Crippen LogP contribution in [0.3, 0.4) is 0 Å². The van der Waals surface area contributed by atoms with E-state index in [9.17, 15) is 19.7 Å². The predicted octanol–water partition coefficient (Wildman–Crippen LogP) is 4.20. The topological polar surface area (TPSA) is 107 Å². The van der Waals surface area contributed by atoms with Crippen LogP contribution in [0, 0.1) is 10.1 Å². The van der Waals surface area contributed by atoms with Crippen molar-refractivity contribution < 1.29 is 18.9 Å². The lowest BCUT2D eigenvalue weighted by molar-refractivity contribution is -0.384. The Bertz CT molecular complexity index is 1290. The lowest BCUT2D eigenvalue weighted by Gasteiger charge is -2.13. The highest BCUT2D eigenvalue weighted by Gasteiger charge is 2.37. The zero-order valence-corrected chi connectivity index (χ0v) is 14.7. The second-order valence-electron chi connectivity index (χ2n) is 6.47. The lowest BCUT2D eigenvalue weighted by atomic mass is 10.1. The predicted molar refractivity (Wildman–Crippen MR) is 104 cm³/mol. The third-order valence-electron chi connectivity index (χ3n) is 4.75. The molecule has 2 heterocycles. The molecule has 3 aromatic carbocycles. The number of nitro groups is 1. The Hall–Kier alpha value is -4.33. The Morgan fingerprint density at radius 2 is 1.62 bits per heavy atom. The molecule has 2 amide bonds. The molecule has 0 bridgehead atoms. The molecule has 8 heteroatoms. The van der Waals surface area contributed by atoms with Gasteiger partial charge in [0, 0.05) is 17.7 Å². The van der Waals surface area contributed by atoms with E-state index in [2.05, 4.69) is 4.98 Å². The molecule has 29 heavy (non-hydrogen) atoms. The second kappa shape index (κ2) is 6.10. The molecule has 4 aromatic rings. The van der Waals surface area contributed by atoms with Crippen LogP contribution in [-0.2, 0) is 0 Å². The van der Waals surface area contributed by atoms with E-state index < -0.39 is 16.7 Å². The van der Waals surface area contributed by atoms with Gasteiger partial charge in [0.2, 0.25) is 5.89 Å². The van der Waals surface area contributed by atoms with Crippen LogP contribution >= 0.6 is 0 Å². The van der Waals surface area contributed by atoms with Crippen LogP contribution in [0.4, 0.5) is 11.4 Å². The molecular weight excluding hydrogens is 374 g/mol. The quantitative estimate of drug-likeness (QED) is 0.297. The van der Waals surface area contributed by atoms with Gasteiger partial charge in [-0.15, -0.1) is 0 Å². The summed E-state index contributed by atoms with van der Waals surface area (Å²) in [6.07, 6.45) is 0. The molecule has 1 aromatic heterocycles. The summed E-state index contributed by atoms with van der Waals surface area (Å²) in [4.78, 5) is 41.2. The van der Waals surface area contributed by atoms with Crippen LogP contribution in [0.15, 0.2) is 71.1 Å². The maximum atomic E-state index is 12.7. The highest BCUT2D eigenvalue weighted by molar-refractivity contribution is 6.34. The molecular formula is C21H11N3O5. The minimum atomic E-state index is -0.601. The fourth-order valence-electron chi connectivity index (χ4n) is 3.33. The number of oxazole rings is 1. The van der Waals surface area contributed by atoms with Gasteiger partial charge in [0.05, 0.1) is 21.7 Å². The van der Waals surface area contributed by atoms with E-state index in [1.54, 1.807) is 24.3 Å². The van der Waals surface area contributed by atoms with E-state index in [4.69, 9.17) is 4.42 Å². The Kier molecular flexibility index (Phi) is 3.53. The van der Waals surface area contributed by atoms with Crippen LogP contribution < -0.4 is 4.90 Å². The summed E-state index contributed by atoms with van der Waals surface area (Å²) < 4.78 is 5.73. The molecule has 0 saturated carbocycles. The molecule has 0 fully saturated rings. The van der Waals surface area contributed by atoms with Gasteiger partial charge in [0.25, 0.3) is 17.5 Å². The van der Waals surface area contributed by atoms with Crippen molar-refractivity contribution in [2.75, 3.05) is 4.90 Å². The van der Waals surface area contributed by atoms with Gasteiger partial charge in [-0.2, -0.15) is 0 Å².